The average Bonchev–Trinajstić information content (AvgIpc) is 2.31. The lowest BCUT2D eigenvalue weighted by Gasteiger charge is -2.32. The van der Waals surface area contributed by atoms with Gasteiger partial charge < -0.3 is 10.1 Å². The van der Waals surface area contributed by atoms with Crippen LogP contribution in [0.4, 0.5) is 5.69 Å². The van der Waals surface area contributed by atoms with E-state index in [1.807, 2.05) is 24.3 Å². The van der Waals surface area contributed by atoms with Gasteiger partial charge in [-0.25, -0.2) is 0 Å². The van der Waals surface area contributed by atoms with E-state index in [0.29, 0.717) is 0 Å². The number of carbonyl (C=O) groups is 1. The molecular formula is C14H18BrNO2. The van der Waals surface area contributed by atoms with Crippen LogP contribution in [-0.4, -0.2) is 18.1 Å². The van der Waals surface area contributed by atoms with Crippen LogP contribution in [0.2, 0.25) is 0 Å². The van der Waals surface area contributed by atoms with Gasteiger partial charge in [0.15, 0.2) is 0 Å². The Morgan fingerprint density at radius 3 is 2.89 bits per heavy atom. The summed E-state index contributed by atoms with van der Waals surface area (Å²) in [7, 11) is 0. The highest BCUT2D eigenvalue weighted by molar-refractivity contribution is 9.10. The SMILES string of the molecule is CC(=O)O[C@@H]1CCCC[C@H]1Nc1cccc(Br)c1. The smallest absolute Gasteiger partial charge is 0.302 e. The number of hydrogen-bond acceptors (Lipinski definition) is 3. The molecule has 0 bridgehead atoms. The summed E-state index contributed by atoms with van der Waals surface area (Å²) in [6, 6.07) is 8.28. The molecule has 0 aliphatic heterocycles. The van der Waals surface area contributed by atoms with Gasteiger partial charge in [-0.15, -0.1) is 0 Å². The number of nitrogens with one attached hydrogen (secondary N) is 1. The van der Waals surface area contributed by atoms with Crippen LogP contribution in [0, 0.1) is 0 Å². The monoisotopic (exact) mass is 311 g/mol. The Hall–Kier alpha value is -1.03. The first kappa shape index (κ1) is 13.4. The zero-order valence-electron chi connectivity index (χ0n) is 10.5. The van der Waals surface area contributed by atoms with Crippen molar-refractivity contribution < 1.29 is 9.53 Å². The van der Waals surface area contributed by atoms with Crippen LogP contribution in [0.25, 0.3) is 0 Å². The van der Waals surface area contributed by atoms with Crippen LogP contribution >= 0.6 is 15.9 Å². The lowest BCUT2D eigenvalue weighted by Crippen LogP contribution is -2.39. The fraction of sp³-hybridized carbons (Fsp3) is 0.500. The number of rotatable bonds is 3. The average molecular weight is 312 g/mol. The molecule has 1 N–H and O–H groups in total. The first-order valence-electron chi connectivity index (χ1n) is 6.34. The predicted octanol–water partition coefficient (Wildman–Crippen LogP) is 3.74. The summed E-state index contributed by atoms with van der Waals surface area (Å²) in [5, 5.41) is 3.47. The Morgan fingerprint density at radius 1 is 1.39 bits per heavy atom. The summed E-state index contributed by atoms with van der Waals surface area (Å²) in [4.78, 5) is 11.1. The summed E-state index contributed by atoms with van der Waals surface area (Å²) < 4.78 is 6.44. The zero-order valence-corrected chi connectivity index (χ0v) is 12.1. The molecule has 4 heteroatoms. The van der Waals surface area contributed by atoms with Gasteiger partial charge in [-0.3, -0.25) is 4.79 Å². The van der Waals surface area contributed by atoms with E-state index in [-0.39, 0.29) is 18.1 Å². The third-order valence-corrected chi connectivity index (χ3v) is 3.69. The molecule has 2 atom stereocenters. The van der Waals surface area contributed by atoms with Crippen LogP contribution in [0.3, 0.4) is 0 Å². The normalized spacial score (nSPS) is 23.4. The largest absolute Gasteiger partial charge is 0.460 e. The molecule has 3 nitrogen and oxygen atoms in total. The first-order valence-corrected chi connectivity index (χ1v) is 7.14. The molecule has 1 aromatic carbocycles. The van der Waals surface area contributed by atoms with Crippen LogP contribution in [0.5, 0.6) is 0 Å². The van der Waals surface area contributed by atoms with E-state index in [0.717, 1.165) is 29.4 Å². The molecule has 2 rings (SSSR count). The van der Waals surface area contributed by atoms with E-state index in [2.05, 4.69) is 21.2 Å². The Labute approximate surface area is 116 Å². The molecule has 1 aromatic rings. The second kappa shape index (κ2) is 6.23. The van der Waals surface area contributed by atoms with Crippen molar-refractivity contribution in [1.82, 2.24) is 0 Å². The molecule has 0 unspecified atom stereocenters. The minimum Gasteiger partial charge on any atom is -0.460 e. The number of carbonyl (C=O) groups excluding carboxylic acids is 1. The molecule has 0 spiro atoms. The summed E-state index contributed by atoms with van der Waals surface area (Å²) in [5.74, 6) is -0.192. The predicted molar refractivity (Wildman–Crippen MR) is 75.6 cm³/mol. The van der Waals surface area contributed by atoms with Crippen molar-refractivity contribution in [2.75, 3.05) is 5.32 Å². The molecule has 1 aliphatic carbocycles. The van der Waals surface area contributed by atoms with Crippen molar-refractivity contribution in [1.29, 1.82) is 0 Å². The molecule has 0 aromatic heterocycles. The molecule has 1 aliphatic rings. The minimum atomic E-state index is -0.192. The fourth-order valence-corrected chi connectivity index (χ4v) is 2.81. The third-order valence-electron chi connectivity index (χ3n) is 3.20. The Kier molecular flexibility index (Phi) is 4.64. The van der Waals surface area contributed by atoms with Crippen molar-refractivity contribution >= 4 is 27.6 Å². The third kappa shape index (κ3) is 3.73. The Bertz CT molecular complexity index is 422. The molecule has 1 fully saturated rings. The molecule has 1 saturated carbocycles. The van der Waals surface area contributed by atoms with E-state index in [4.69, 9.17) is 4.74 Å². The van der Waals surface area contributed by atoms with E-state index in [1.165, 1.54) is 13.3 Å². The van der Waals surface area contributed by atoms with Gasteiger partial charge in [0.25, 0.3) is 0 Å². The molecule has 0 amide bonds. The Balaban J connectivity index is 2.03. The minimum absolute atomic E-state index is 0.00442. The van der Waals surface area contributed by atoms with E-state index < -0.39 is 0 Å². The van der Waals surface area contributed by atoms with Crippen molar-refractivity contribution in [3.63, 3.8) is 0 Å². The van der Waals surface area contributed by atoms with Crippen LogP contribution in [0.15, 0.2) is 28.7 Å². The molecule has 0 saturated heterocycles. The maximum absolute atomic E-state index is 11.1. The van der Waals surface area contributed by atoms with Gasteiger partial charge in [0.2, 0.25) is 0 Å². The summed E-state index contributed by atoms with van der Waals surface area (Å²) in [5.41, 5.74) is 1.06. The highest BCUT2D eigenvalue weighted by atomic mass is 79.9. The molecular weight excluding hydrogens is 294 g/mol. The number of benzene rings is 1. The van der Waals surface area contributed by atoms with Gasteiger partial charge in [-0.2, -0.15) is 0 Å². The first-order chi connectivity index (χ1) is 8.65. The van der Waals surface area contributed by atoms with E-state index >= 15 is 0 Å². The van der Waals surface area contributed by atoms with Gasteiger partial charge in [0, 0.05) is 17.1 Å². The van der Waals surface area contributed by atoms with Crippen LogP contribution in [0.1, 0.15) is 32.6 Å². The zero-order chi connectivity index (χ0) is 13.0. The highest BCUT2D eigenvalue weighted by Crippen LogP contribution is 2.25. The lowest BCUT2D eigenvalue weighted by atomic mass is 9.92. The van der Waals surface area contributed by atoms with Crippen LogP contribution < -0.4 is 5.32 Å². The standard InChI is InChI=1S/C14H18BrNO2/c1-10(17)18-14-8-3-2-7-13(14)16-12-6-4-5-11(15)9-12/h4-6,9,13-14,16H,2-3,7-8H2,1H3/t13-,14-/m1/s1. The summed E-state index contributed by atoms with van der Waals surface area (Å²) in [6.07, 6.45) is 4.31. The number of ether oxygens (including phenoxy) is 1. The van der Waals surface area contributed by atoms with Gasteiger partial charge in [0.1, 0.15) is 6.10 Å². The quantitative estimate of drug-likeness (QED) is 0.864. The number of hydrogen-bond donors (Lipinski definition) is 1. The van der Waals surface area contributed by atoms with Crippen molar-refractivity contribution in [2.45, 2.75) is 44.8 Å². The molecule has 98 valence electrons. The van der Waals surface area contributed by atoms with E-state index in [1.54, 1.807) is 0 Å². The Morgan fingerprint density at radius 2 is 2.17 bits per heavy atom. The number of esters is 1. The summed E-state index contributed by atoms with van der Waals surface area (Å²) >= 11 is 3.46. The lowest BCUT2D eigenvalue weighted by molar-refractivity contribution is -0.148. The van der Waals surface area contributed by atoms with Crippen LogP contribution in [-0.2, 0) is 9.53 Å². The second-order valence-electron chi connectivity index (χ2n) is 4.69. The highest BCUT2D eigenvalue weighted by Gasteiger charge is 2.27. The molecule has 0 radical (unpaired) electrons. The molecule has 0 heterocycles. The fourth-order valence-electron chi connectivity index (χ4n) is 2.41. The van der Waals surface area contributed by atoms with Crippen molar-refractivity contribution in [2.24, 2.45) is 0 Å². The number of halogens is 1. The molecule has 18 heavy (non-hydrogen) atoms. The van der Waals surface area contributed by atoms with E-state index in [9.17, 15) is 4.79 Å². The number of anilines is 1. The van der Waals surface area contributed by atoms with Gasteiger partial charge >= 0.3 is 5.97 Å². The summed E-state index contributed by atoms with van der Waals surface area (Å²) in [6.45, 7) is 1.48. The van der Waals surface area contributed by atoms with Crippen molar-refractivity contribution in [3.8, 4) is 0 Å². The topological polar surface area (TPSA) is 38.3 Å². The van der Waals surface area contributed by atoms with Gasteiger partial charge in [-0.05, 0) is 37.5 Å². The maximum Gasteiger partial charge on any atom is 0.302 e. The van der Waals surface area contributed by atoms with Gasteiger partial charge in [0.05, 0.1) is 6.04 Å². The van der Waals surface area contributed by atoms with Gasteiger partial charge in [-0.1, -0.05) is 28.4 Å². The maximum atomic E-state index is 11.1. The van der Waals surface area contributed by atoms with Crippen molar-refractivity contribution in [3.05, 3.63) is 28.7 Å². The second-order valence-corrected chi connectivity index (χ2v) is 5.61.